The Balaban J connectivity index is 2.08. The molecule has 1 aromatic carbocycles. The molecule has 0 radical (unpaired) electrons. The van der Waals surface area contributed by atoms with Gasteiger partial charge in [0.2, 0.25) is 4.80 Å². The van der Waals surface area contributed by atoms with Crippen LogP contribution in [0.1, 0.15) is 40.7 Å². The maximum Gasteiger partial charge on any atom is 0.347 e. The van der Waals surface area contributed by atoms with E-state index in [2.05, 4.69) is 22.4 Å². The van der Waals surface area contributed by atoms with Crippen LogP contribution < -0.4 is 10.1 Å². The lowest BCUT2D eigenvalue weighted by Crippen LogP contribution is -2.18. The van der Waals surface area contributed by atoms with Crippen molar-refractivity contribution in [2.24, 2.45) is 10.2 Å². The summed E-state index contributed by atoms with van der Waals surface area (Å²) in [6.45, 7) is 4.50. The Kier molecular flexibility index (Phi) is 4.80. The third-order valence-corrected chi connectivity index (χ3v) is 5.13. The molecular formula is C17H18N4O3S. The second-order valence-electron chi connectivity index (χ2n) is 5.66. The van der Waals surface area contributed by atoms with E-state index >= 15 is 0 Å². The number of thiazole rings is 1. The fourth-order valence-corrected chi connectivity index (χ4v) is 3.58. The van der Waals surface area contributed by atoms with Crippen molar-refractivity contribution in [3.63, 3.8) is 0 Å². The van der Waals surface area contributed by atoms with Gasteiger partial charge in [0.1, 0.15) is 4.88 Å². The molecule has 130 valence electrons. The molecule has 0 saturated heterocycles. The van der Waals surface area contributed by atoms with Gasteiger partial charge in [-0.25, -0.2) is 4.79 Å². The van der Waals surface area contributed by atoms with Crippen molar-refractivity contribution >= 4 is 34.6 Å². The average Bonchev–Trinajstić information content (AvgIpc) is 3.07. The number of carbonyl (C=O) groups is 2. The van der Waals surface area contributed by atoms with E-state index in [4.69, 9.17) is 0 Å². The zero-order valence-electron chi connectivity index (χ0n) is 13.9. The van der Waals surface area contributed by atoms with Crippen molar-refractivity contribution < 1.29 is 14.7 Å². The van der Waals surface area contributed by atoms with Gasteiger partial charge in [-0.15, -0.1) is 10.2 Å². The molecule has 0 bridgehead atoms. The molecule has 2 heterocycles. The molecule has 1 aliphatic rings. The summed E-state index contributed by atoms with van der Waals surface area (Å²) in [6.07, 6.45) is 1.89. The zero-order chi connectivity index (χ0) is 18.0. The molecule has 0 spiro atoms. The Bertz CT molecular complexity index is 940. The molecule has 2 aromatic rings. The minimum Gasteiger partial charge on any atom is -0.477 e. The number of aromatic carboxylic acids is 1. The summed E-state index contributed by atoms with van der Waals surface area (Å²) in [5, 5.41) is 20.4. The summed E-state index contributed by atoms with van der Waals surface area (Å²) in [7, 11) is 0. The van der Waals surface area contributed by atoms with Crippen LogP contribution in [0.3, 0.4) is 0 Å². The quantitative estimate of drug-likeness (QED) is 0.804. The largest absolute Gasteiger partial charge is 0.477 e. The van der Waals surface area contributed by atoms with E-state index < -0.39 is 5.97 Å². The van der Waals surface area contributed by atoms with Crippen molar-refractivity contribution in [2.45, 2.75) is 33.2 Å². The highest BCUT2D eigenvalue weighted by molar-refractivity contribution is 7.11. The molecule has 1 aromatic heterocycles. The van der Waals surface area contributed by atoms with Crippen LogP contribution in [0.4, 0.5) is 5.69 Å². The fraction of sp³-hybridized carbons (Fsp3) is 0.294. The first-order chi connectivity index (χ1) is 12.0. The van der Waals surface area contributed by atoms with E-state index in [9.17, 15) is 14.7 Å². The monoisotopic (exact) mass is 358 g/mol. The van der Waals surface area contributed by atoms with Gasteiger partial charge >= 0.3 is 5.97 Å². The van der Waals surface area contributed by atoms with Gasteiger partial charge in [-0.2, -0.15) is 0 Å². The third kappa shape index (κ3) is 3.25. The molecule has 0 aliphatic carbocycles. The molecule has 8 heteroatoms. The number of nitrogens with one attached hydrogen (secondary N) is 1. The summed E-state index contributed by atoms with van der Waals surface area (Å²) >= 11 is 1.07. The van der Waals surface area contributed by atoms with Gasteiger partial charge in [0.05, 0.1) is 5.69 Å². The van der Waals surface area contributed by atoms with E-state index in [-0.39, 0.29) is 16.5 Å². The Hall–Kier alpha value is -2.74. The number of anilines is 1. The summed E-state index contributed by atoms with van der Waals surface area (Å²) in [4.78, 5) is 24.2. The van der Waals surface area contributed by atoms with E-state index in [0.717, 1.165) is 24.2 Å². The number of carboxylic acids is 1. The number of carboxylic acid groups (broad SMARTS) is 1. The zero-order valence-corrected chi connectivity index (χ0v) is 14.8. The smallest absolute Gasteiger partial charge is 0.347 e. The van der Waals surface area contributed by atoms with Gasteiger partial charge < -0.3 is 15.0 Å². The summed E-state index contributed by atoms with van der Waals surface area (Å²) in [5.41, 5.74) is 2.29. The maximum atomic E-state index is 12.1. The van der Waals surface area contributed by atoms with Crippen LogP contribution in [0.15, 0.2) is 34.5 Å². The van der Waals surface area contributed by atoms with Crippen molar-refractivity contribution in [3.05, 3.63) is 45.2 Å². The maximum absolute atomic E-state index is 12.1. The number of carbonyl (C=O) groups excluding carboxylic acids is 1. The van der Waals surface area contributed by atoms with Gasteiger partial charge in [-0.3, -0.25) is 4.79 Å². The Labute approximate surface area is 148 Å². The van der Waals surface area contributed by atoms with Crippen LogP contribution in [-0.4, -0.2) is 27.3 Å². The van der Waals surface area contributed by atoms with Crippen LogP contribution >= 0.6 is 11.3 Å². The highest BCUT2D eigenvalue weighted by atomic mass is 32.1. The first kappa shape index (κ1) is 17.1. The highest BCUT2D eigenvalue weighted by Crippen LogP contribution is 2.22. The van der Waals surface area contributed by atoms with E-state index in [0.29, 0.717) is 28.3 Å². The molecule has 2 N–H and O–H groups in total. The number of fused-ring (bicyclic) bond motifs is 1. The van der Waals surface area contributed by atoms with Gasteiger partial charge in [0.15, 0.2) is 5.71 Å². The van der Waals surface area contributed by atoms with Gasteiger partial charge in [0.25, 0.3) is 5.91 Å². The number of hydrogen-bond donors (Lipinski definition) is 2. The standard InChI is InChI=1S/C17H18N4O3S/c1-3-4-9-21-10(2)14(16(23)24)25-17(21)20-19-13-11-7-5-6-8-12(11)18-15(13)22/h5-8H,3-4,9H2,1-2H3,(H,23,24)(H,18,19,22)/b20-17-. The summed E-state index contributed by atoms with van der Waals surface area (Å²) in [6, 6.07) is 7.26. The molecule has 3 rings (SSSR count). The molecule has 1 amide bonds. The number of aromatic nitrogens is 1. The molecule has 0 saturated carbocycles. The lowest BCUT2D eigenvalue weighted by atomic mass is 10.1. The van der Waals surface area contributed by atoms with Crippen LogP contribution in [0.2, 0.25) is 0 Å². The molecular weight excluding hydrogens is 340 g/mol. The summed E-state index contributed by atoms with van der Waals surface area (Å²) < 4.78 is 1.85. The SMILES string of the molecule is CCCCn1c(C)c(C(=O)O)s/c1=N\N=C1/C(=O)Nc2ccccc21. The number of nitrogens with zero attached hydrogens (tertiary/aromatic N) is 3. The van der Waals surface area contributed by atoms with Crippen LogP contribution in [0, 0.1) is 6.92 Å². The van der Waals surface area contributed by atoms with E-state index in [1.54, 1.807) is 19.1 Å². The van der Waals surface area contributed by atoms with Crippen molar-refractivity contribution in [1.82, 2.24) is 4.57 Å². The fourth-order valence-electron chi connectivity index (χ4n) is 2.63. The number of rotatable bonds is 5. The minimum absolute atomic E-state index is 0.237. The first-order valence-electron chi connectivity index (χ1n) is 7.99. The molecule has 0 unspecified atom stereocenters. The van der Waals surface area contributed by atoms with Crippen LogP contribution in [-0.2, 0) is 11.3 Å². The Morgan fingerprint density at radius 2 is 2.08 bits per heavy atom. The number of benzene rings is 1. The lowest BCUT2D eigenvalue weighted by molar-refractivity contribution is -0.110. The predicted octanol–water partition coefficient (Wildman–Crippen LogP) is 2.61. The topological polar surface area (TPSA) is 96.1 Å². The van der Waals surface area contributed by atoms with E-state index in [1.807, 2.05) is 16.7 Å². The number of hydrogen-bond acceptors (Lipinski definition) is 5. The second-order valence-corrected chi connectivity index (χ2v) is 6.64. The lowest BCUT2D eigenvalue weighted by Gasteiger charge is -2.04. The van der Waals surface area contributed by atoms with Gasteiger partial charge in [-0.05, 0) is 19.4 Å². The van der Waals surface area contributed by atoms with E-state index in [1.165, 1.54) is 0 Å². The number of para-hydroxylation sites is 1. The second kappa shape index (κ2) is 7.02. The molecule has 7 nitrogen and oxygen atoms in total. The molecule has 0 atom stereocenters. The normalized spacial score (nSPS) is 15.5. The van der Waals surface area contributed by atoms with Crippen molar-refractivity contribution in [2.75, 3.05) is 5.32 Å². The Morgan fingerprint density at radius 1 is 1.32 bits per heavy atom. The minimum atomic E-state index is -0.981. The predicted molar refractivity (Wildman–Crippen MR) is 96.1 cm³/mol. The first-order valence-corrected chi connectivity index (χ1v) is 8.80. The van der Waals surface area contributed by atoms with Crippen molar-refractivity contribution in [3.8, 4) is 0 Å². The third-order valence-electron chi connectivity index (χ3n) is 3.97. The number of unbranched alkanes of at least 4 members (excludes halogenated alkanes) is 1. The highest BCUT2D eigenvalue weighted by Gasteiger charge is 2.25. The molecule has 0 fully saturated rings. The molecule has 25 heavy (non-hydrogen) atoms. The number of amides is 1. The van der Waals surface area contributed by atoms with Gasteiger partial charge in [-0.1, -0.05) is 42.9 Å². The van der Waals surface area contributed by atoms with Crippen molar-refractivity contribution in [1.29, 1.82) is 0 Å². The average molecular weight is 358 g/mol. The summed E-state index contributed by atoms with van der Waals surface area (Å²) in [5.74, 6) is -1.29. The Morgan fingerprint density at radius 3 is 2.80 bits per heavy atom. The van der Waals surface area contributed by atoms with Crippen LogP contribution in [0.5, 0.6) is 0 Å². The van der Waals surface area contributed by atoms with Gasteiger partial charge in [0, 0.05) is 17.8 Å². The molecule has 1 aliphatic heterocycles. The van der Waals surface area contributed by atoms with Crippen LogP contribution in [0.25, 0.3) is 0 Å².